The minimum Gasteiger partial charge on any atom is -0.282 e. The maximum absolute atomic E-state index is 11.0. The normalized spacial score (nSPS) is 21.1. The largest absolute Gasteiger partial charge is 0.282 e. The van der Waals surface area contributed by atoms with E-state index in [2.05, 4.69) is 16.4 Å². The highest BCUT2D eigenvalue weighted by molar-refractivity contribution is 7.90. The van der Waals surface area contributed by atoms with Gasteiger partial charge in [0.2, 0.25) is 0 Å². The molecule has 1 N–H and O–H groups in total. The van der Waals surface area contributed by atoms with Crippen LogP contribution in [0.1, 0.15) is 11.3 Å². The highest BCUT2D eigenvalue weighted by Gasteiger charge is 2.22. The average Bonchev–Trinajstić information content (AvgIpc) is 2.31. The molecule has 4 nitrogen and oxygen atoms in total. The van der Waals surface area contributed by atoms with E-state index in [1.807, 2.05) is 0 Å². The number of nitrogens with one attached hydrogen (secondary N) is 1. The fourth-order valence-corrected chi connectivity index (χ4v) is 2.51. The summed E-state index contributed by atoms with van der Waals surface area (Å²) in [5, 5.41) is 6.38. The highest BCUT2D eigenvalue weighted by atomic mass is 32.2. The molecule has 1 aliphatic heterocycles. The van der Waals surface area contributed by atoms with Crippen molar-refractivity contribution in [1.82, 2.24) is 10.2 Å². The van der Waals surface area contributed by atoms with Crippen LogP contribution in [-0.2, 0) is 22.0 Å². The molecule has 59 valence electrons. The summed E-state index contributed by atoms with van der Waals surface area (Å²) in [6, 6.07) is 0. The molecule has 1 aliphatic rings. The Morgan fingerprint density at radius 2 is 2.36 bits per heavy atom. The lowest BCUT2D eigenvalue weighted by Gasteiger charge is -2.09. The summed E-state index contributed by atoms with van der Waals surface area (Å²) >= 11 is 0. The molecule has 0 aromatic carbocycles. The second-order valence-corrected chi connectivity index (χ2v) is 4.82. The van der Waals surface area contributed by atoms with Crippen LogP contribution in [0, 0.1) is 6.20 Å². The average molecular weight is 171 g/mol. The van der Waals surface area contributed by atoms with Crippen molar-refractivity contribution in [3.63, 3.8) is 0 Å². The van der Waals surface area contributed by atoms with Gasteiger partial charge in [-0.15, -0.1) is 0 Å². The van der Waals surface area contributed by atoms with Crippen LogP contribution < -0.4 is 0 Å². The molecule has 0 bridgehead atoms. The number of hydrogen-bond acceptors (Lipinski definition) is 3. The summed E-state index contributed by atoms with van der Waals surface area (Å²) in [6.45, 7) is 0. The van der Waals surface area contributed by atoms with Gasteiger partial charge in [0.1, 0.15) is 6.20 Å². The van der Waals surface area contributed by atoms with E-state index in [4.69, 9.17) is 0 Å². The van der Waals surface area contributed by atoms with Gasteiger partial charge in [0.05, 0.1) is 11.5 Å². The van der Waals surface area contributed by atoms with E-state index in [9.17, 15) is 8.42 Å². The molecule has 1 aromatic rings. The molecule has 0 saturated heterocycles. The number of rotatable bonds is 0. The van der Waals surface area contributed by atoms with Gasteiger partial charge >= 0.3 is 0 Å². The van der Waals surface area contributed by atoms with Crippen LogP contribution in [0.3, 0.4) is 0 Å². The van der Waals surface area contributed by atoms with E-state index in [0.717, 1.165) is 5.69 Å². The van der Waals surface area contributed by atoms with Crippen molar-refractivity contribution >= 4 is 9.84 Å². The quantitative estimate of drug-likeness (QED) is 0.582. The Labute approximate surface area is 64.5 Å². The van der Waals surface area contributed by atoms with E-state index >= 15 is 0 Å². The summed E-state index contributed by atoms with van der Waals surface area (Å²) in [7, 11) is -2.86. The van der Waals surface area contributed by atoms with E-state index in [1.165, 1.54) is 0 Å². The minimum atomic E-state index is -2.86. The van der Waals surface area contributed by atoms with Gasteiger partial charge in [0.15, 0.2) is 9.84 Å². The maximum atomic E-state index is 11.0. The van der Waals surface area contributed by atoms with Crippen LogP contribution in [-0.4, -0.2) is 24.4 Å². The van der Waals surface area contributed by atoms with Crippen molar-refractivity contribution in [2.75, 3.05) is 5.75 Å². The first-order chi connectivity index (χ1) is 5.17. The van der Waals surface area contributed by atoms with Gasteiger partial charge in [0.25, 0.3) is 0 Å². The molecule has 2 heterocycles. The van der Waals surface area contributed by atoms with Crippen molar-refractivity contribution < 1.29 is 8.42 Å². The van der Waals surface area contributed by atoms with E-state index in [0.29, 0.717) is 12.0 Å². The first-order valence-corrected chi connectivity index (χ1v) is 5.14. The molecule has 0 atom stereocenters. The number of nitrogens with zero attached hydrogens (tertiary/aromatic N) is 1. The molecule has 1 aromatic heterocycles. The molecule has 0 saturated carbocycles. The second kappa shape index (κ2) is 2.07. The van der Waals surface area contributed by atoms with Crippen molar-refractivity contribution in [3.05, 3.63) is 17.5 Å². The third-order valence-electron chi connectivity index (χ3n) is 1.77. The molecule has 0 spiro atoms. The second-order valence-electron chi connectivity index (χ2n) is 2.63. The Bertz CT molecular complexity index is 366. The Kier molecular flexibility index (Phi) is 1.29. The summed E-state index contributed by atoms with van der Waals surface area (Å²) in [5.74, 6) is 0.328. The topological polar surface area (TPSA) is 62.8 Å². The number of aromatic nitrogens is 2. The number of fused-ring (bicyclic) bond motifs is 1. The molecule has 0 aliphatic carbocycles. The number of hydrogen-bond donors (Lipinski definition) is 1. The van der Waals surface area contributed by atoms with Gasteiger partial charge in [-0.25, -0.2) is 8.42 Å². The van der Waals surface area contributed by atoms with Gasteiger partial charge in [-0.3, -0.25) is 5.10 Å². The molecule has 2 rings (SSSR count). The third-order valence-corrected chi connectivity index (χ3v) is 3.33. The van der Waals surface area contributed by atoms with E-state index < -0.39 is 9.84 Å². The standard InChI is InChI=1S/C6H7N2O2S/c9-11(10)2-1-6-5(4-11)3-7-8-6/h1-2,4H2,(H,7,8). The zero-order chi connectivity index (χ0) is 7.90. The van der Waals surface area contributed by atoms with Crippen molar-refractivity contribution in [2.24, 2.45) is 0 Å². The van der Waals surface area contributed by atoms with Crippen LogP contribution in [0.4, 0.5) is 0 Å². The number of sulfone groups is 1. The predicted molar refractivity (Wildman–Crippen MR) is 38.6 cm³/mol. The van der Waals surface area contributed by atoms with Crippen LogP contribution in [0.2, 0.25) is 0 Å². The Balaban J connectivity index is 2.47. The predicted octanol–water partition coefficient (Wildman–Crippen LogP) is -0.319. The van der Waals surface area contributed by atoms with Crippen LogP contribution in [0.5, 0.6) is 0 Å². The van der Waals surface area contributed by atoms with Crippen LogP contribution >= 0.6 is 0 Å². The fourth-order valence-electron chi connectivity index (χ4n) is 1.17. The molecular weight excluding hydrogens is 164 g/mol. The highest BCUT2D eigenvalue weighted by Crippen LogP contribution is 2.16. The van der Waals surface area contributed by atoms with Gasteiger partial charge < -0.3 is 0 Å². The van der Waals surface area contributed by atoms with Crippen LogP contribution in [0.15, 0.2) is 0 Å². The van der Waals surface area contributed by atoms with Gasteiger partial charge in [-0.2, -0.15) is 5.10 Å². The third kappa shape index (κ3) is 1.16. The molecule has 0 amide bonds. The zero-order valence-electron chi connectivity index (χ0n) is 5.79. The van der Waals surface area contributed by atoms with Gasteiger partial charge in [-0.05, 0) is 0 Å². The van der Waals surface area contributed by atoms with E-state index in [-0.39, 0.29) is 11.5 Å². The lowest BCUT2D eigenvalue weighted by atomic mass is 10.2. The minimum absolute atomic E-state index is 0.0961. The lowest BCUT2D eigenvalue weighted by Crippen LogP contribution is -2.17. The Hall–Kier alpha value is -0.840. The Morgan fingerprint density at radius 1 is 1.55 bits per heavy atom. The first-order valence-electron chi connectivity index (χ1n) is 3.32. The van der Waals surface area contributed by atoms with E-state index in [1.54, 1.807) is 0 Å². The monoisotopic (exact) mass is 171 g/mol. The molecule has 11 heavy (non-hydrogen) atoms. The molecular formula is C6H7N2O2S. The Morgan fingerprint density at radius 3 is 3.18 bits per heavy atom. The molecule has 0 fully saturated rings. The van der Waals surface area contributed by atoms with Crippen molar-refractivity contribution in [2.45, 2.75) is 12.2 Å². The van der Waals surface area contributed by atoms with Crippen molar-refractivity contribution in [1.29, 1.82) is 0 Å². The first kappa shape index (κ1) is 6.84. The summed E-state index contributed by atoms with van der Waals surface area (Å²) < 4.78 is 22.1. The van der Waals surface area contributed by atoms with Gasteiger partial charge in [0, 0.05) is 17.7 Å². The summed E-state index contributed by atoms with van der Waals surface area (Å²) in [6.07, 6.45) is 3.18. The fraction of sp³-hybridized carbons (Fsp3) is 0.500. The number of aryl methyl sites for hydroxylation is 1. The number of H-pyrrole nitrogens is 1. The summed E-state index contributed by atoms with van der Waals surface area (Å²) in [4.78, 5) is 0. The zero-order valence-corrected chi connectivity index (χ0v) is 6.61. The molecule has 5 heteroatoms. The maximum Gasteiger partial charge on any atom is 0.154 e. The smallest absolute Gasteiger partial charge is 0.154 e. The molecule has 0 unspecified atom stereocenters. The SMILES string of the molecule is O=S1(=O)CCc2[nH]n[c]c2C1. The molecule has 1 radical (unpaired) electrons. The lowest BCUT2D eigenvalue weighted by molar-refractivity contribution is 0.591. The van der Waals surface area contributed by atoms with Crippen LogP contribution in [0.25, 0.3) is 0 Å². The van der Waals surface area contributed by atoms with Gasteiger partial charge in [-0.1, -0.05) is 0 Å². The van der Waals surface area contributed by atoms with Crippen molar-refractivity contribution in [3.8, 4) is 0 Å². The number of aromatic amines is 1. The summed E-state index contributed by atoms with van der Waals surface area (Å²) in [5.41, 5.74) is 1.62.